The highest BCUT2D eigenvalue weighted by atomic mass is 32.2. The number of hydrogen-bond acceptors (Lipinski definition) is 5. The number of anilines is 1. The van der Waals surface area contributed by atoms with Crippen LogP contribution in [0.2, 0.25) is 0 Å². The van der Waals surface area contributed by atoms with Crippen LogP contribution in [0, 0.1) is 6.92 Å². The third kappa shape index (κ3) is 5.79. The van der Waals surface area contributed by atoms with Crippen molar-refractivity contribution >= 4 is 39.9 Å². The first-order chi connectivity index (χ1) is 14.1. The van der Waals surface area contributed by atoms with Crippen molar-refractivity contribution in [2.24, 2.45) is 0 Å². The lowest BCUT2D eigenvalue weighted by molar-refractivity contribution is -0.118. The number of carbonyl (C=O) groups is 2. The minimum Gasteiger partial charge on any atom is -0.352 e. The molecule has 0 spiro atoms. The largest absolute Gasteiger partial charge is 0.352 e. The van der Waals surface area contributed by atoms with Gasteiger partial charge in [-0.05, 0) is 19.1 Å². The zero-order chi connectivity index (χ0) is 20.6. The number of nitrogens with zero attached hydrogens (tertiary/aromatic N) is 1. The quantitative estimate of drug-likeness (QED) is 0.405. The molecular formula is C22H21N3O2S2. The molecule has 0 aliphatic heterocycles. The molecule has 0 radical (unpaired) electrons. The average molecular weight is 424 g/mol. The highest BCUT2D eigenvalue weighted by Gasteiger charge is 2.17. The first-order valence-electron chi connectivity index (χ1n) is 9.01. The molecule has 3 aromatic rings. The van der Waals surface area contributed by atoms with Gasteiger partial charge in [0.05, 0.1) is 5.75 Å². The van der Waals surface area contributed by atoms with Gasteiger partial charge in [-0.15, -0.1) is 6.58 Å². The van der Waals surface area contributed by atoms with Gasteiger partial charge in [0.25, 0.3) is 5.91 Å². The van der Waals surface area contributed by atoms with Crippen molar-refractivity contribution in [3.63, 3.8) is 0 Å². The Kier molecular flexibility index (Phi) is 7.21. The Balaban J connectivity index is 1.81. The fourth-order valence-corrected chi connectivity index (χ4v) is 4.37. The first kappa shape index (κ1) is 20.8. The second-order valence-electron chi connectivity index (χ2n) is 6.23. The fourth-order valence-electron chi connectivity index (χ4n) is 2.48. The van der Waals surface area contributed by atoms with Crippen LogP contribution in [0.3, 0.4) is 0 Å². The summed E-state index contributed by atoms with van der Waals surface area (Å²) >= 11 is 2.71. The predicted octanol–water partition coefficient (Wildman–Crippen LogP) is 4.77. The lowest BCUT2D eigenvalue weighted by atomic mass is 10.1. The normalized spacial score (nSPS) is 10.4. The number of amides is 2. The van der Waals surface area contributed by atoms with Gasteiger partial charge in [0.2, 0.25) is 5.91 Å². The molecular weight excluding hydrogens is 402 g/mol. The molecule has 2 aromatic carbocycles. The Labute approximate surface area is 178 Å². The molecule has 0 aliphatic carbocycles. The number of aryl methyl sites for hydroxylation is 1. The van der Waals surface area contributed by atoms with E-state index in [0.29, 0.717) is 22.8 Å². The Bertz CT molecular complexity index is 999. The summed E-state index contributed by atoms with van der Waals surface area (Å²) in [6.07, 6.45) is 1.64. The van der Waals surface area contributed by atoms with Crippen LogP contribution in [0.15, 0.2) is 71.6 Å². The van der Waals surface area contributed by atoms with Crippen LogP contribution in [0.4, 0.5) is 5.00 Å². The van der Waals surface area contributed by atoms with E-state index in [4.69, 9.17) is 0 Å². The second-order valence-corrected chi connectivity index (χ2v) is 8.45. The summed E-state index contributed by atoms with van der Waals surface area (Å²) < 4.78 is 0.719. The summed E-state index contributed by atoms with van der Waals surface area (Å²) in [7, 11) is 0. The maximum atomic E-state index is 12.7. The molecule has 0 bridgehead atoms. The fraction of sp³-hybridized carbons (Fsp3) is 0.136. The van der Waals surface area contributed by atoms with Crippen LogP contribution in [0.5, 0.6) is 0 Å². The van der Waals surface area contributed by atoms with E-state index in [1.165, 1.54) is 23.1 Å². The Morgan fingerprint density at radius 3 is 2.55 bits per heavy atom. The van der Waals surface area contributed by atoms with Crippen LogP contribution in [0.25, 0.3) is 11.3 Å². The SMILES string of the molecule is C=CCNC(=O)CSc1nc(-c2ccccc2)c(NC(=O)c2ccc(C)cc2)s1. The molecule has 2 N–H and O–H groups in total. The number of aromatic nitrogens is 1. The average Bonchev–Trinajstić information content (AvgIpc) is 3.14. The van der Waals surface area contributed by atoms with Crippen molar-refractivity contribution in [2.75, 3.05) is 17.6 Å². The van der Waals surface area contributed by atoms with Crippen molar-refractivity contribution in [3.8, 4) is 11.3 Å². The number of hydrogen-bond donors (Lipinski definition) is 2. The van der Waals surface area contributed by atoms with Crippen molar-refractivity contribution in [3.05, 3.63) is 78.4 Å². The van der Waals surface area contributed by atoms with Crippen LogP contribution in [0.1, 0.15) is 15.9 Å². The van der Waals surface area contributed by atoms with Crippen molar-refractivity contribution in [1.29, 1.82) is 0 Å². The first-order valence-corrected chi connectivity index (χ1v) is 10.8. The monoisotopic (exact) mass is 423 g/mol. The number of benzene rings is 2. The summed E-state index contributed by atoms with van der Waals surface area (Å²) in [5.41, 5.74) is 3.29. The van der Waals surface area contributed by atoms with Crippen molar-refractivity contribution < 1.29 is 9.59 Å². The Morgan fingerprint density at radius 1 is 1.14 bits per heavy atom. The van der Waals surface area contributed by atoms with Crippen molar-refractivity contribution in [2.45, 2.75) is 11.3 Å². The number of rotatable bonds is 8. The third-order valence-electron chi connectivity index (χ3n) is 3.97. The molecule has 1 aromatic heterocycles. The third-order valence-corrected chi connectivity index (χ3v) is 6.08. The molecule has 0 saturated heterocycles. The molecule has 1 heterocycles. The molecule has 0 unspecified atom stereocenters. The predicted molar refractivity (Wildman–Crippen MR) is 121 cm³/mol. The van der Waals surface area contributed by atoms with Gasteiger partial charge in [-0.1, -0.05) is 77.2 Å². The van der Waals surface area contributed by atoms with Crippen molar-refractivity contribution in [1.82, 2.24) is 10.3 Å². The number of nitrogens with one attached hydrogen (secondary N) is 2. The minimum absolute atomic E-state index is 0.0865. The van der Waals surface area contributed by atoms with Gasteiger partial charge in [-0.3, -0.25) is 9.59 Å². The van der Waals surface area contributed by atoms with E-state index in [9.17, 15) is 9.59 Å². The van der Waals surface area contributed by atoms with E-state index in [2.05, 4.69) is 22.2 Å². The smallest absolute Gasteiger partial charge is 0.256 e. The lowest BCUT2D eigenvalue weighted by Crippen LogP contribution is -2.24. The van der Waals surface area contributed by atoms with Gasteiger partial charge in [0.15, 0.2) is 4.34 Å². The zero-order valence-electron chi connectivity index (χ0n) is 16.0. The molecule has 0 fully saturated rings. The molecule has 148 valence electrons. The highest BCUT2D eigenvalue weighted by molar-refractivity contribution is 8.01. The number of thiazole rings is 1. The van der Waals surface area contributed by atoms with Gasteiger partial charge in [0, 0.05) is 17.7 Å². The standard InChI is InChI=1S/C22H21N3O2S2/c1-3-13-23-18(26)14-28-22-24-19(16-7-5-4-6-8-16)21(29-22)25-20(27)17-11-9-15(2)10-12-17/h3-12H,1,13-14H2,2H3,(H,23,26)(H,25,27). The number of thioether (sulfide) groups is 1. The van der Waals surface area contributed by atoms with E-state index in [0.717, 1.165) is 15.5 Å². The summed E-state index contributed by atoms with van der Waals surface area (Å²) in [5.74, 6) is -0.0243. The Hall–Kier alpha value is -2.90. The van der Waals surface area contributed by atoms with E-state index in [1.807, 2.05) is 49.4 Å². The van der Waals surface area contributed by atoms with Crippen LogP contribution in [-0.4, -0.2) is 29.1 Å². The number of carbonyl (C=O) groups excluding carboxylic acids is 2. The molecule has 29 heavy (non-hydrogen) atoms. The van der Waals surface area contributed by atoms with Gasteiger partial charge in [-0.25, -0.2) is 4.98 Å². The van der Waals surface area contributed by atoms with Crippen LogP contribution >= 0.6 is 23.1 Å². The maximum Gasteiger partial charge on any atom is 0.256 e. The minimum atomic E-state index is -0.189. The highest BCUT2D eigenvalue weighted by Crippen LogP contribution is 2.37. The zero-order valence-corrected chi connectivity index (χ0v) is 17.6. The van der Waals surface area contributed by atoms with Gasteiger partial charge in [0.1, 0.15) is 10.7 Å². The summed E-state index contributed by atoms with van der Waals surface area (Å²) in [6.45, 7) is 6.00. The van der Waals surface area contributed by atoms with Crippen LogP contribution < -0.4 is 10.6 Å². The summed E-state index contributed by atoms with van der Waals surface area (Å²) in [6, 6.07) is 17.1. The lowest BCUT2D eigenvalue weighted by Gasteiger charge is -2.05. The molecule has 3 rings (SSSR count). The molecule has 2 amide bonds. The molecule has 0 atom stereocenters. The van der Waals surface area contributed by atoms with Gasteiger partial charge < -0.3 is 10.6 Å². The molecule has 5 nitrogen and oxygen atoms in total. The molecule has 0 aliphatic rings. The summed E-state index contributed by atoms with van der Waals surface area (Å²) in [4.78, 5) is 29.2. The second kappa shape index (κ2) is 10.0. The van der Waals surface area contributed by atoms with E-state index >= 15 is 0 Å². The van der Waals surface area contributed by atoms with E-state index < -0.39 is 0 Å². The Morgan fingerprint density at radius 2 is 1.86 bits per heavy atom. The van der Waals surface area contributed by atoms with E-state index in [-0.39, 0.29) is 17.6 Å². The molecule has 0 saturated carbocycles. The summed E-state index contributed by atoms with van der Waals surface area (Å²) in [5, 5.41) is 6.38. The topological polar surface area (TPSA) is 71.1 Å². The maximum absolute atomic E-state index is 12.7. The van der Waals surface area contributed by atoms with Gasteiger partial charge >= 0.3 is 0 Å². The van der Waals surface area contributed by atoms with Gasteiger partial charge in [-0.2, -0.15) is 0 Å². The van der Waals surface area contributed by atoms with E-state index in [1.54, 1.807) is 18.2 Å². The molecule has 7 heteroatoms. The van der Waals surface area contributed by atoms with Crippen LogP contribution in [-0.2, 0) is 4.79 Å².